The summed E-state index contributed by atoms with van der Waals surface area (Å²) in [6.45, 7) is 4.05. The third kappa shape index (κ3) is 5.18. The average molecular weight is 534 g/mol. The lowest BCUT2D eigenvalue weighted by molar-refractivity contribution is -0.113. The molecule has 0 radical (unpaired) electrons. The summed E-state index contributed by atoms with van der Waals surface area (Å²) >= 11 is 0. The molecule has 0 spiro atoms. The molecule has 3 heterocycles. The second-order valence-corrected chi connectivity index (χ2v) is 10.8. The van der Waals surface area contributed by atoms with Gasteiger partial charge in [-0.1, -0.05) is 36.8 Å². The molecule has 1 unspecified atom stereocenters. The Morgan fingerprint density at radius 1 is 1.15 bits per heavy atom. The Balaban J connectivity index is 1.65. The predicted molar refractivity (Wildman–Crippen MR) is 146 cm³/mol. The molecule has 1 aromatic carbocycles. The molecule has 204 valence electrons. The fraction of sp³-hybridized carbons (Fsp3) is 0.467. The van der Waals surface area contributed by atoms with Crippen molar-refractivity contribution in [3.05, 3.63) is 75.4 Å². The standard InChI is InChI=1S/C30H33F2N5O2/c1-19-21-10-9-11-22(16-21)30(31,32)25(38)12-7-5-3-4-6-8-15-37-27-23(26(34-19)35-20(2)36-27)17-24(28(37)39)29(18-33)13-14-29/h5,7,9-11,16-17,19,25,38H,3-4,6,8,12-15H2,1-2H3,(H,34,35,36)/b7-5-/t19-,25?/m1/s1. The average Bonchev–Trinajstić information content (AvgIpc) is 3.71. The van der Waals surface area contributed by atoms with E-state index in [0.717, 1.165) is 19.3 Å². The number of aliphatic hydroxyl groups excluding tert-OH is 1. The van der Waals surface area contributed by atoms with E-state index in [1.54, 1.807) is 35.8 Å². The number of benzene rings is 1. The number of nitrogens with zero attached hydrogens (tertiary/aromatic N) is 4. The van der Waals surface area contributed by atoms with Crippen LogP contribution in [0.5, 0.6) is 0 Å². The minimum Gasteiger partial charge on any atom is -0.386 e. The van der Waals surface area contributed by atoms with Crippen molar-refractivity contribution >= 4 is 16.9 Å². The van der Waals surface area contributed by atoms with Gasteiger partial charge in [0.05, 0.1) is 16.9 Å². The molecule has 2 atom stereocenters. The molecule has 5 rings (SSSR count). The van der Waals surface area contributed by atoms with Crippen LogP contribution in [0, 0.1) is 18.3 Å². The fourth-order valence-corrected chi connectivity index (χ4v) is 5.28. The SMILES string of the molecule is Cc1nc2c3cc(C4(C#N)CC4)c(=O)n(c3n1)CCCCC/C=C\CC(O)C(F)(F)c1cccc(c1)[C@@H](C)N2. The maximum absolute atomic E-state index is 15.2. The first-order chi connectivity index (χ1) is 18.7. The van der Waals surface area contributed by atoms with Crippen molar-refractivity contribution in [1.82, 2.24) is 14.5 Å². The molecule has 0 saturated heterocycles. The van der Waals surface area contributed by atoms with Gasteiger partial charge in [-0.2, -0.15) is 14.0 Å². The van der Waals surface area contributed by atoms with Crippen LogP contribution in [-0.4, -0.2) is 25.7 Å². The number of fused-ring (bicyclic) bond motifs is 2. The summed E-state index contributed by atoms with van der Waals surface area (Å²) in [6, 6.07) is 9.71. The minimum absolute atomic E-state index is 0.146. The van der Waals surface area contributed by atoms with Gasteiger partial charge in [-0.3, -0.25) is 9.36 Å². The zero-order valence-corrected chi connectivity index (χ0v) is 22.3. The summed E-state index contributed by atoms with van der Waals surface area (Å²) in [4.78, 5) is 22.9. The molecule has 1 aliphatic heterocycles. The van der Waals surface area contributed by atoms with Crippen molar-refractivity contribution in [2.24, 2.45) is 0 Å². The Morgan fingerprint density at radius 3 is 2.69 bits per heavy atom. The number of hydrogen-bond acceptors (Lipinski definition) is 6. The summed E-state index contributed by atoms with van der Waals surface area (Å²) in [7, 11) is 0. The Hall–Kier alpha value is -3.64. The molecule has 39 heavy (non-hydrogen) atoms. The van der Waals surface area contributed by atoms with E-state index < -0.39 is 23.5 Å². The van der Waals surface area contributed by atoms with Crippen molar-refractivity contribution in [2.75, 3.05) is 5.32 Å². The molecule has 3 aromatic rings. The van der Waals surface area contributed by atoms with E-state index in [-0.39, 0.29) is 17.5 Å². The number of pyridine rings is 1. The second kappa shape index (κ2) is 10.5. The maximum atomic E-state index is 15.2. The van der Waals surface area contributed by atoms with Crippen LogP contribution < -0.4 is 10.9 Å². The number of aromatic nitrogens is 3. The van der Waals surface area contributed by atoms with Gasteiger partial charge >= 0.3 is 0 Å². The number of nitriles is 1. The van der Waals surface area contributed by atoms with Crippen LogP contribution in [0.4, 0.5) is 14.6 Å². The van der Waals surface area contributed by atoms with Gasteiger partial charge < -0.3 is 10.4 Å². The number of alkyl halides is 2. The van der Waals surface area contributed by atoms with Crippen molar-refractivity contribution < 1.29 is 13.9 Å². The second-order valence-electron chi connectivity index (χ2n) is 10.8. The van der Waals surface area contributed by atoms with Crippen molar-refractivity contribution in [3.8, 4) is 6.07 Å². The monoisotopic (exact) mass is 533 g/mol. The van der Waals surface area contributed by atoms with Crippen LogP contribution in [-0.2, 0) is 17.9 Å². The van der Waals surface area contributed by atoms with E-state index >= 15 is 8.78 Å². The zero-order chi connectivity index (χ0) is 27.8. The van der Waals surface area contributed by atoms with Crippen LogP contribution in [0.15, 0.2) is 47.3 Å². The molecular weight excluding hydrogens is 500 g/mol. The molecule has 1 aliphatic carbocycles. The topological polar surface area (TPSA) is 104 Å². The van der Waals surface area contributed by atoms with E-state index in [1.807, 2.05) is 13.0 Å². The molecule has 2 aliphatic rings. The van der Waals surface area contributed by atoms with E-state index in [9.17, 15) is 15.2 Å². The fourth-order valence-electron chi connectivity index (χ4n) is 5.28. The van der Waals surface area contributed by atoms with Crippen LogP contribution in [0.2, 0.25) is 0 Å². The Kier molecular flexibility index (Phi) is 7.25. The quantitative estimate of drug-likeness (QED) is 0.383. The molecule has 7 nitrogen and oxygen atoms in total. The van der Waals surface area contributed by atoms with Gasteiger partial charge in [0.2, 0.25) is 0 Å². The predicted octanol–water partition coefficient (Wildman–Crippen LogP) is 5.80. The molecule has 1 fully saturated rings. The zero-order valence-electron chi connectivity index (χ0n) is 22.3. The van der Waals surface area contributed by atoms with Gasteiger partial charge in [-0.25, -0.2) is 9.97 Å². The van der Waals surface area contributed by atoms with Gasteiger partial charge in [0, 0.05) is 23.7 Å². The highest BCUT2D eigenvalue weighted by Gasteiger charge is 2.47. The van der Waals surface area contributed by atoms with E-state index in [1.165, 1.54) is 12.1 Å². The third-order valence-corrected chi connectivity index (χ3v) is 7.86. The molecule has 2 N–H and O–H groups in total. The van der Waals surface area contributed by atoms with Crippen molar-refractivity contribution in [3.63, 3.8) is 0 Å². The summed E-state index contributed by atoms with van der Waals surface area (Å²) in [6.07, 6.45) is 5.77. The molecule has 0 amide bonds. The highest BCUT2D eigenvalue weighted by molar-refractivity contribution is 5.88. The minimum atomic E-state index is -3.41. The van der Waals surface area contributed by atoms with Crippen LogP contribution in [0.25, 0.3) is 11.0 Å². The number of rotatable bonds is 1. The molecule has 1 saturated carbocycles. The maximum Gasteiger partial charge on any atom is 0.298 e. The summed E-state index contributed by atoms with van der Waals surface area (Å²) in [5.41, 5.74) is 0.333. The van der Waals surface area contributed by atoms with Gasteiger partial charge in [-0.05, 0) is 70.1 Å². The Bertz CT molecular complexity index is 1520. The van der Waals surface area contributed by atoms with Crippen LogP contribution in [0.3, 0.4) is 0 Å². The third-order valence-electron chi connectivity index (χ3n) is 7.86. The van der Waals surface area contributed by atoms with Crippen molar-refractivity contribution in [1.29, 1.82) is 5.26 Å². The molecule has 6 bridgehead atoms. The first kappa shape index (κ1) is 26.9. The van der Waals surface area contributed by atoms with Gasteiger partial charge in [0.1, 0.15) is 23.4 Å². The Labute approximate surface area is 226 Å². The summed E-state index contributed by atoms with van der Waals surface area (Å²) in [5.74, 6) is -2.46. The Morgan fingerprint density at radius 2 is 1.95 bits per heavy atom. The number of hydrogen-bond donors (Lipinski definition) is 2. The number of halogens is 2. The number of aryl methyl sites for hydroxylation is 2. The van der Waals surface area contributed by atoms with E-state index in [4.69, 9.17) is 0 Å². The first-order valence-electron chi connectivity index (χ1n) is 13.6. The van der Waals surface area contributed by atoms with Crippen LogP contribution >= 0.6 is 0 Å². The lowest BCUT2D eigenvalue weighted by Gasteiger charge is -2.24. The van der Waals surface area contributed by atoms with Crippen LogP contribution in [0.1, 0.15) is 80.4 Å². The molecule has 2 aromatic heterocycles. The highest BCUT2D eigenvalue weighted by Crippen LogP contribution is 2.47. The normalized spacial score (nSPS) is 23.6. The van der Waals surface area contributed by atoms with E-state index in [0.29, 0.717) is 59.6 Å². The van der Waals surface area contributed by atoms with E-state index in [2.05, 4.69) is 21.4 Å². The highest BCUT2D eigenvalue weighted by atomic mass is 19.3. The number of nitrogens with one attached hydrogen (secondary N) is 1. The lowest BCUT2D eigenvalue weighted by Crippen LogP contribution is -2.30. The summed E-state index contributed by atoms with van der Waals surface area (Å²) in [5, 5.41) is 24.2. The number of allylic oxidation sites excluding steroid dienone is 1. The van der Waals surface area contributed by atoms with Gasteiger partial charge in [0.25, 0.3) is 11.5 Å². The van der Waals surface area contributed by atoms with Gasteiger partial charge in [-0.15, -0.1) is 0 Å². The lowest BCUT2D eigenvalue weighted by atomic mass is 9.96. The largest absolute Gasteiger partial charge is 0.386 e. The molecular formula is C30H33F2N5O2. The number of aliphatic hydroxyl groups is 1. The number of anilines is 1. The molecule has 9 heteroatoms. The first-order valence-corrected chi connectivity index (χ1v) is 13.6. The summed E-state index contributed by atoms with van der Waals surface area (Å²) < 4.78 is 32.0. The van der Waals surface area contributed by atoms with Crippen molar-refractivity contribution in [2.45, 2.75) is 88.8 Å². The smallest absolute Gasteiger partial charge is 0.298 e. The van der Waals surface area contributed by atoms with Gasteiger partial charge in [0.15, 0.2) is 0 Å².